The van der Waals surface area contributed by atoms with Gasteiger partial charge in [-0.1, -0.05) is 30.3 Å². The van der Waals surface area contributed by atoms with E-state index in [0.717, 1.165) is 36.9 Å². The van der Waals surface area contributed by atoms with Crippen LogP contribution in [-0.4, -0.2) is 20.8 Å². The van der Waals surface area contributed by atoms with Crippen LogP contribution in [0.2, 0.25) is 5.02 Å². The number of benzene rings is 3. The fourth-order valence-corrected chi connectivity index (χ4v) is 5.06. The Morgan fingerprint density at radius 3 is 2.33 bits per heavy atom. The number of ether oxygens (including phenoxy) is 1. The van der Waals surface area contributed by atoms with Crippen molar-refractivity contribution < 1.29 is 30.7 Å². The molecule has 0 radical (unpaired) electrons. The molecular formula is C25H21ClF4INO3S. The molecule has 0 aliphatic rings. The number of sulfone groups is 1. The van der Waals surface area contributed by atoms with Crippen LogP contribution in [0.5, 0.6) is 11.5 Å². The Balaban J connectivity index is 1.75. The lowest BCUT2D eigenvalue weighted by atomic mass is 10.0. The van der Waals surface area contributed by atoms with Gasteiger partial charge in [0.25, 0.3) is 0 Å². The van der Waals surface area contributed by atoms with Crippen molar-refractivity contribution in [2.24, 2.45) is 0 Å². The Kier molecular flexibility index (Phi) is 8.62. The zero-order valence-corrected chi connectivity index (χ0v) is 22.8. The van der Waals surface area contributed by atoms with E-state index in [-0.39, 0.29) is 27.0 Å². The normalized spacial score (nSPS) is 12.8. The lowest BCUT2D eigenvalue weighted by molar-refractivity contribution is -0.146. The molecule has 0 aliphatic heterocycles. The summed E-state index contributed by atoms with van der Waals surface area (Å²) in [5.41, 5.74) is 1.78. The van der Waals surface area contributed by atoms with E-state index in [1.54, 1.807) is 24.3 Å². The number of hydrogen-bond donors (Lipinski definition) is 1. The minimum atomic E-state index is -4.53. The maximum Gasteiger partial charge on any atom is 0.395 e. The molecular weight excluding hydrogens is 633 g/mol. The highest BCUT2D eigenvalue weighted by atomic mass is 127. The summed E-state index contributed by atoms with van der Waals surface area (Å²) in [4.78, 5) is 0.222. The van der Waals surface area contributed by atoms with Gasteiger partial charge in [0.2, 0.25) is 0 Å². The highest BCUT2D eigenvalue weighted by Gasteiger charge is 2.37. The molecule has 0 fully saturated rings. The molecule has 3 aromatic carbocycles. The van der Waals surface area contributed by atoms with Gasteiger partial charge in [0, 0.05) is 30.1 Å². The van der Waals surface area contributed by atoms with Gasteiger partial charge in [-0.3, -0.25) is 0 Å². The number of alkyl halides is 3. The number of hydrogen-bond acceptors (Lipinski definition) is 4. The second kappa shape index (κ2) is 11.0. The molecule has 0 aromatic heterocycles. The quantitative estimate of drug-likeness (QED) is 0.197. The third kappa shape index (κ3) is 7.36. The molecule has 3 rings (SSSR count). The summed E-state index contributed by atoms with van der Waals surface area (Å²) >= 11 is 8.33. The van der Waals surface area contributed by atoms with E-state index in [0.29, 0.717) is 21.4 Å². The van der Waals surface area contributed by atoms with Gasteiger partial charge in [0.15, 0.2) is 15.6 Å². The van der Waals surface area contributed by atoms with Crippen LogP contribution >= 0.6 is 34.2 Å². The molecule has 3 aromatic rings. The van der Waals surface area contributed by atoms with Crippen molar-refractivity contribution in [2.75, 3.05) is 11.6 Å². The Labute approximate surface area is 225 Å². The first-order valence-corrected chi connectivity index (χ1v) is 13.8. The van der Waals surface area contributed by atoms with E-state index >= 15 is 0 Å². The van der Waals surface area contributed by atoms with Crippen molar-refractivity contribution in [1.82, 2.24) is 0 Å². The summed E-state index contributed by atoms with van der Waals surface area (Å²) in [5.74, 6) is -2.67. The van der Waals surface area contributed by atoms with Gasteiger partial charge >= 0.3 is 6.18 Å². The maximum absolute atomic E-state index is 14.0. The van der Waals surface area contributed by atoms with E-state index in [9.17, 15) is 26.0 Å². The van der Waals surface area contributed by atoms with Gasteiger partial charge < -0.3 is 10.1 Å². The number of allylic oxidation sites excluding steroid dienone is 1. The fourth-order valence-electron chi connectivity index (χ4n) is 3.28. The van der Waals surface area contributed by atoms with Crippen LogP contribution in [0.3, 0.4) is 0 Å². The standard InChI is InChI=1S/C25H21ClF4INO3S/c1-14(8-16-4-6-21(7-5-16)36(3,33)34)32-19-12-22(26)24(23(31)13-19)35-20-10-17(9-18(27)11-20)15(2)25(28,29)30/h4-7,9-13,15,32H,1,8H2,2-3H3. The molecule has 0 saturated carbocycles. The Hall–Kier alpha value is -2.31. The molecule has 1 unspecified atom stereocenters. The lowest BCUT2D eigenvalue weighted by Gasteiger charge is -2.18. The fraction of sp³-hybridized carbons (Fsp3) is 0.200. The van der Waals surface area contributed by atoms with Crippen molar-refractivity contribution in [3.8, 4) is 11.5 Å². The topological polar surface area (TPSA) is 55.4 Å². The summed E-state index contributed by atoms with van der Waals surface area (Å²) in [6.45, 7) is 4.93. The van der Waals surface area contributed by atoms with Crippen LogP contribution in [0, 0.1) is 9.39 Å². The number of anilines is 1. The highest BCUT2D eigenvalue weighted by Crippen LogP contribution is 2.40. The average Bonchev–Trinajstić information content (AvgIpc) is 2.74. The minimum absolute atomic E-state index is 0.108. The minimum Gasteiger partial charge on any atom is -0.455 e. The molecule has 36 heavy (non-hydrogen) atoms. The van der Waals surface area contributed by atoms with Crippen LogP contribution in [0.4, 0.5) is 23.2 Å². The summed E-state index contributed by atoms with van der Waals surface area (Å²) in [6.07, 6.45) is -2.97. The van der Waals surface area contributed by atoms with Crippen molar-refractivity contribution in [1.29, 1.82) is 0 Å². The summed E-state index contributed by atoms with van der Waals surface area (Å²) < 4.78 is 82.7. The monoisotopic (exact) mass is 653 g/mol. The lowest BCUT2D eigenvalue weighted by Crippen LogP contribution is -2.17. The first-order valence-electron chi connectivity index (χ1n) is 10.4. The van der Waals surface area contributed by atoms with Gasteiger partial charge in [-0.15, -0.1) is 0 Å². The molecule has 1 N–H and O–H groups in total. The molecule has 0 saturated heterocycles. The Bertz CT molecular complexity index is 1370. The smallest absolute Gasteiger partial charge is 0.395 e. The van der Waals surface area contributed by atoms with Gasteiger partial charge in [-0.05, 0) is 77.0 Å². The molecule has 0 heterocycles. The van der Waals surface area contributed by atoms with Gasteiger partial charge in [-0.2, -0.15) is 13.2 Å². The first-order chi connectivity index (χ1) is 16.6. The summed E-state index contributed by atoms with van der Waals surface area (Å²) in [7, 11) is -3.28. The molecule has 11 heteroatoms. The van der Waals surface area contributed by atoms with Crippen molar-refractivity contribution in [3.63, 3.8) is 0 Å². The van der Waals surface area contributed by atoms with Gasteiger partial charge in [0.05, 0.1) is 19.4 Å². The zero-order chi connectivity index (χ0) is 26.8. The van der Waals surface area contributed by atoms with E-state index in [4.69, 9.17) is 16.3 Å². The third-order valence-electron chi connectivity index (χ3n) is 5.19. The highest BCUT2D eigenvalue weighted by molar-refractivity contribution is 14.1. The van der Waals surface area contributed by atoms with E-state index < -0.39 is 27.7 Å². The van der Waals surface area contributed by atoms with Crippen molar-refractivity contribution in [3.05, 3.63) is 92.4 Å². The van der Waals surface area contributed by atoms with Gasteiger partial charge in [-0.25, -0.2) is 12.8 Å². The van der Waals surface area contributed by atoms with E-state index in [1.807, 2.05) is 22.6 Å². The second-order valence-electron chi connectivity index (χ2n) is 8.18. The number of halogens is 6. The summed E-state index contributed by atoms with van der Waals surface area (Å²) in [5, 5.41) is 3.27. The number of nitrogens with one attached hydrogen (secondary N) is 1. The van der Waals surface area contributed by atoms with Crippen LogP contribution in [0.25, 0.3) is 0 Å². The summed E-state index contributed by atoms with van der Waals surface area (Å²) in [6, 6.07) is 12.6. The van der Waals surface area contributed by atoms with Gasteiger partial charge in [0.1, 0.15) is 11.6 Å². The van der Waals surface area contributed by atoms with E-state index in [2.05, 4.69) is 11.9 Å². The maximum atomic E-state index is 14.0. The molecule has 4 nitrogen and oxygen atoms in total. The average molecular weight is 654 g/mol. The molecule has 1 atom stereocenters. The van der Waals surface area contributed by atoms with Crippen molar-refractivity contribution in [2.45, 2.75) is 30.3 Å². The zero-order valence-electron chi connectivity index (χ0n) is 19.1. The first kappa shape index (κ1) is 28.3. The molecule has 0 bridgehead atoms. The molecule has 0 aliphatic carbocycles. The largest absolute Gasteiger partial charge is 0.455 e. The van der Waals surface area contributed by atoms with E-state index in [1.165, 1.54) is 12.1 Å². The van der Waals surface area contributed by atoms with Crippen LogP contribution in [0.15, 0.2) is 71.8 Å². The Morgan fingerprint density at radius 2 is 1.78 bits per heavy atom. The van der Waals surface area contributed by atoms with Crippen molar-refractivity contribution >= 4 is 49.7 Å². The van der Waals surface area contributed by atoms with Crippen LogP contribution < -0.4 is 10.1 Å². The Morgan fingerprint density at radius 1 is 1.14 bits per heavy atom. The van der Waals surface area contributed by atoms with Crippen LogP contribution in [-0.2, 0) is 16.3 Å². The second-order valence-corrected chi connectivity index (χ2v) is 11.8. The molecule has 0 spiro atoms. The number of rotatable bonds is 8. The predicted octanol–water partition coefficient (Wildman–Crippen LogP) is 8.11. The predicted molar refractivity (Wildman–Crippen MR) is 141 cm³/mol. The third-order valence-corrected chi connectivity index (χ3v) is 7.40. The molecule has 0 amide bonds. The molecule has 192 valence electrons. The van der Waals surface area contributed by atoms with Crippen LogP contribution in [0.1, 0.15) is 24.0 Å². The SMILES string of the molecule is C=C(Cc1ccc(S(C)(=O)=O)cc1)Nc1cc(Cl)c(Oc2cc(F)cc(C(C)C(F)(F)F)c2)c(I)c1.